The largest absolute Gasteiger partial charge is 0.573 e. The van der Waals surface area contributed by atoms with E-state index in [4.69, 9.17) is 0 Å². The highest BCUT2D eigenvalue weighted by Crippen LogP contribution is 2.29. The summed E-state index contributed by atoms with van der Waals surface area (Å²) in [5.41, 5.74) is 3.52. The predicted molar refractivity (Wildman–Crippen MR) is 115 cm³/mol. The monoisotopic (exact) mass is 504 g/mol. The molecule has 0 aliphatic carbocycles. The van der Waals surface area contributed by atoms with E-state index in [-0.39, 0.29) is 29.1 Å². The molecule has 3 aromatic rings. The van der Waals surface area contributed by atoms with Crippen molar-refractivity contribution in [1.82, 2.24) is 14.9 Å². The molecule has 0 fully saturated rings. The van der Waals surface area contributed by atoms with Gasteiger partial charge in [-0.3, -0.25) is 10.9 Å². The van der Waals surface area contributed by atoms with E-state index in [1.165, 1.54) is 18.2 Å². The number of benzene rings is 2. The number of hydrazine groups is 1. The van der Waals surface area contributed by atoms with Crippen LogP contribution in [-0.2, 0) is 0 Å². The summed E-state index contributed by atoms with van der Waals surface area (Å²) in [7, 11) is 3.65. The molecule has 3 rings (SSSR count). The number of halogens is 7. The van der Waals surface area contributed by atoms with Crippen LogP contribution in [0.1, 0.15) is 0 Å². The van der Waals surface area contributed by atoms with Crippen molar-refractivity contribution in [2.75, 3.05) is 43.4 Å². The van der Waals surface area contributed by atoms with Crippen molar-refractivity contribution in [3.8, 4) is 17.0 Å². The number of likely N-dealkylation sites (N-methyl/N-ethyl adjacent to an activating group) is 1. The van der Waals surface area contributed by atoms with E-state index in [0.717, 1.165) is 12.1 Å². The second-order valence-electron chi connectivity index (χ2n) is 7.36. The van der Waals surface area contributed by atoms with E-state index in [1.54, 1.807) is 0 Å². The van der Waals surface area contributed by atoms with Gasteiger partial charge in [0.2, 0.25) is 5.95 Å². The topological polar surface area (TPSA) is 74.3 Å². The third kappa shape index (κ3) is 7.09. The molecular weight excluding hydrogens is 485 g/mol. The molecule has 7 nitrogen and oxygen atoms in total. The second kappa shape index (κ2) is 10.6. The van der Waals surface area contributed by atoms with Crippen LogP contribution in [0.4, 0.5) is 48.2 Å². The lowest BCUT2D eigenvalue weighted by Gasteiger charge is -2.15. The van der Waals surface area contributed by atoms with Gasteiger partial charge in [0.15, 0.2) is 29.1 Å². The Morgan fingerprint density at radius 2 is 1.60 bits per heavy atom. The first kappa shape index (κ1) is 25.8. The number of nitrogens with zero attached hydrogens (tertiary/aromatic N) is 3. The average Bonchev–Trinajstić information content (AvgIpc) is 2.76. The zero-order valence-corrected chi connectivity index (χ0v) is 18.3. The summed E-state index contributed by atoms with van der Waals surface area (Å²) in [5.74, 6) is -7.19. The first-order chi connectivity index (χ1) is 16.4. The fourth-order valence-corrected chi connectivity index (χ4v) is 2.79. The van der Waals surface area contributed by atoms with Crippen molar-refractivity contribution in [3.05, 3.63) is 59.7 Å². The van der Waals surface area contributed by atoms with Crippen molar-refractivity contribution in [3.63, 3.8) is 0 Å². The third-order valence-electron chi connectivity index (χ3n) is 4.36. The van der Waals surface area contributed by atoms with Crippen molar-refractivity contribution < 1.29 is 35.5 Å². The number of aromatic nitrogens is 2. The van der Waals surface area contributed by atoms with Gasteiger partial charge in [0, 0.05) is 30.8 Å². The van der Waals surface area contributed by atoms with Crippen LogP contribution in [-0.4, -0.2) is 48.4 Å². The van der Waals surface area contributed by atoms with Crippen molar-refractivity contribution in [2.24, 2.45) is 0 Å². The van der Waals surface area contributed by atoms with Crippen LogP contribution in [0.5, 0.6) is 5.75 Å². The zero-order valence-electron chi connectivity index (χ0n) is 18.3. The SMILES string of the molecule is CN(C)CCNc1nc(NNc2c(F)c(F)cc(F)c2F)cc(-c2cccc(OC(F)(F)F)c2)n1. The summed E-state index contributed by atoms with van der Waals surface area (Å²) in [4.78, 5) is 10.2. The molecule has 14 heteroatoms. The van der Waals surface area contributed by atoms with E-state index in [1.807, 2.05) is 24.4 Å². The number of ether oxygens (including phenoxy) is 1. The first-order valence-electron chi connectivity index (χ1n) is 9.92. The molecular formula is C21H19F7N6O. The molecule has 0 spiro atoms. The summed E-state index contributed by atoms with van der Waals surface area (Å²) in [6.07, 6.45) is -4.91. The second-order valence-corrected chi connectivity index (χ2v) is 7.36. The van der Waals surface area contributed by atoms with Crippen LogP contribution >= 0.6 is 0 Å². The number of hydrogen-bond donors (Lipinski definition) is 3. The Morgan fingerprint density at radius 3 is 2.23 bits per heavy atom. The average molecular weight is 504 g/mol. The smallest absolute Gasteiger partial charge is 0.406 e. The molecule has 0 aliphatic heterocycles. The van der Waals surface area contributed by atoms with E-state index in [0.29, 0.717) is 13.1 Å². The van der Waals surface area contributed by atoms with Crippen molar-refractivity contribution >= 4 is 17.5 Å². The quantitative estimate of drug-likeness (QED) is 0.215. The molecule has 35 heavy (non-hydrogen) atoms. The van der Waals surface area contributed by atoms with Gasteiger partial charge in [-0.25, -0.2) is 22.5 Å². The molecule has 0 saturated heterocycles. The summed E-state index contributed by atoms with van der Waals surface area (Å²) in [6.45, 7) is 0.946. The van der Waals surface area contributed by atoms with Crippen LogP contribution in [0.25, 0.3) is 11.3 Å². The summed E-state index contributed by atoms with van der Waals surface area (Å²) >= 11 is 0. The molecule has 3 N–H and O–H groups in total. The van der Waals surface area contributed by atoms with Crippen LogP contribution in [0, 0.1) is 23.3 Å². The normalized spacial score (nSPS) is 11.5. The molecule has 2 aromatic carbocycles. The maximum absolute atomic E-state index is 14.0. The van der Waals surface area contributed by atoms with Gasteiger partial charge in [0.25, 0.3) is 0 Å². The van der Waals surface area contributed by atoms with Crippen LogP contribution in [0.15, 0.2) is 36.4 Å². The molecule has 0 bridgehead atoms. The predicted octanol–water partition coefficient (Wildman–Crippen LogP) is 5.01. The number of alkyl halides is 3. The molecule has 1 aromatic heterocycles. The minimum Gasteiger partial charge on any atom is -0.406 e. The van der Waals surface area contributed by atoms with Gasteiger partial charge in [0.05, 0.1) is 5.69 Å². The summed E-state index contributed by atoms with van der Waals surface area (Å²) < 4.78 is 96.6. The van der Waals surface area contributed by atoms with Crippen LogP contribution < -0.4 is 20.9 Å². The fourth-order valence-electron chi connectivity index (χ4n) is 2.79. The maximum Gasteiger partial charge on any atom is 0.573 e. The lowest BCUT2D eigenvalue weighted by Crippen LogP contribution is -2.22. The van der Waals surface area contributed by atoms with E-state index >= 15 is 0 Å². The Balaban J connectivity index is 1.93. The van der Waals surface area contributed by atoms with Gasteiger partial charge in [-0.2, -0.15) is 4.98 Å². The van der Waals surface area contributed by atoms with Crippen LogP contribution in [0.3, 0.4) is 0 Å². The minimum atomic E-state index is -4.91. The third-order valence-corrected chi connectivity index (χ3v) is 4.36. The highest BCUT2D eigenvalue weighted by atomic mass is 19.4. The lowest BCUT2D eigenvalue weighted by atomic mass is 10.1. The molecule has 0 saturated carbocycles. The number of anilines is 3. The Bertz CT molecular complexity index is 1160. The molecule has 0 radical (unpaired) electrons. The highest BCUT2D eigenvalue weighted by molar-refractivity contribution is 5.66. The van der Waals surface area contributed by atoms with E-state index in [9.17, 15) is 30.7 Å². The Labute approximate surface area is 194 Å². The van der Waals surface area contributed by atoms with Gasteiger partial charge >= 0.3 is 6.36 Å². The fraction of sp³-hybridized carbons (Fsp3) is 0.238. The van der Waals surface area contributed by atoms with E-state index < -0.39 is 41.1 Å². The Morgan fingerprint density at radius 1 is 0.914 bits per heavy atom. The van der Waals surface area contributed by atoms with Gasteiger partial charge in [0.1, 0.15) is 11.4 Å². The lowest BCUT2D eigenvalue weighted by molar-refractivity contribution is -0.274. The molecule has 0 amide bonds. The Hall–Kier alpha value is -3.81. The van der Waals surface area contributed by atoms with E-state index in [2.05, 4.69) is 25.4 Å². The minimum absolute atomic E-state index is 0.0159. The first-order valence-corrected chi connectivity index (χ1v) is 9.92. The maximum atomic E-state index is 14.0. The van der Waals surface area contributed by atoms with Crippen LogP contribution in [0.2, 0.25) is 0 Å². The van der Waals surface area contributed by atoms with Crippen molar-refractivity contribution in [1.29, 1.82) is 0 Å². The molecule has 0 atom stereocenters. The standard InChI is InChI=1S/C21H19F7N6O/c1-34(2)7-6-29-20-30-15(11-4-3-5-12(8-11)35-21(26,27)28)10-16(31-20)32-33-19-17(24)13(22)9-14(23)18(19)25/h3-5,8-10,33H,6-7H2,1-2H3,(H2,29,30,31,32). The van der Waals surface area contributed by atoms with Gasteiger partial charge < -0.3 is 15.0 Å². The summed E-state index contributed by atoms with van der Waals surface area (Å²) in [6, 6.07) is 6.23. The number of hydrogen-bond acceptors (Lipinski definition) is 7. The highest BCUT2D eigenvalue weighted by Gasteiger charge is 2.31. The molecule has 0 aliphatic rings. The Kier molecular flexibility index (Phi) is 7.84. The molecule has 0 unspecified atom stereocenters. The summed E-state index contributed by atoms with van der Waals surface area (Å²) in [5, 5.41) is 2.91. The van der Waals surface area contributed by atoms with Gasteiger partial charge in [-0.15, -0.1) is 13.2 Å². The number of nitrogens with one attached hydrogen (secondary N) is 3. The molecule has 188 valence electrons. The zero-order chi connectivity index (χ0) is 25.8. The van der Waals surface area contributed by atoms with Gasteiger partial charge in [-0.1, -0.05) is 12.1 Å². The molecule has 1 heterocycles. The van der Waals surface area contributed by atoms with Gasteiger partial charge in [-0.05, 0) is 26.2 Å². The number of rotatable bonds is 9. The van der Waals surface area contributed by atoms with Crippen molar-refractivity contribution in [2.45, 2.75) is 6.36 Å².